The van der Waals surface area contributed by atoms with Gasteiger partial charge in [0.05, 0.1) is 0 Å². The maximum atomic E-state index is 9.38. The van der Waals surface area contributed by atoms with Gasteiger partial charge in [0.2, 0.25) is 0 Å². The first-order valence-electron chi connectivity index (χ1n) is 7.57. The molecule has 0 radical (unpaired) electrons. The van der Waals surface area contributed by atoms with Crippen molar-refractivity contribution in [3.63, 3.8) is 0 Å². The average molecular weight is 298 g/mol. The van der Waals surface area contributed by atoms with Crippen molar-refractivity contribution in [2.75, 3.05) is 0 Å². The molecule has 0 saturated carbocycles. The Hall–Kier alpha value is -2.38. The largest absolute Gasteiger partial charge is 0.508 e. The number of rotatable bonds is 7. The molecule has 3 heteroatoms. The lowest BCUT2D eigenvalue weighted by molar-refractivity contribution is -0.191. The molecule has 0 aromatic heterocycles. The van der Waals surface area contributed by atoms with Gasteiger partial charge in [-0.1, -0.05) is 55.3 Å². The summed E-state index contributed by atoms with van der Waals surface area (Å²) in [7, 11) is 0. The highest BCUT2D eigenvalue weighted by atomic mass is 16.3. The number of carbonyl (C=O) groups excluding carboxylic acids is 2. The molecule has 0 amide bonds. The van der Waals surface area contributed by atoms with Gasteiger partial charge in [-0.05, 0) is 48.9 Å². The molecule has 2 rings (SSSR count). The summed E-state index contributed by atoms with van der Waals surface area (Å²) in [6.45, 7) is 0. The molecule has 0 spiro atoms. The third-order valence-corrected chi connectivity index (χ3v) is 3.43. The van der Waals surface area contributed by atoms with E-state index in [1.807, 2.05) is 12.1 Å². The van der Waals surface area contributed by atoms with Crippen LogP contribution in [0.5, 0.6) is 5.75 Å². The van der Waals surface area contributed by atoms with Crippen LogP contribution in [0, 0.1) is 0 Å². The van der Waals surface area contributed by atoms with Crippen molar-refractivity contribution < 1.29 is 14.7 Å². The minimum absolute atomic E-state index is 0.250. The molecule has 0 heterocycles. The first-order chi connectivity index (χ1) is 10.8. The van der Waals surface area contributed by atoms with Crippen LogP contribution < -0.4 is 0 Å². The van der Waals surface area contributed by atoms with Crippen molar-refractivity contribution in [2.45, 2.75) is 38.5 Å². The van der Waals surface area contributed by atoms with Crippen LogP contribution in [0.25, 0.3) is 0 Å². The van der Waals surface area contributed by atoms with E-state index in [1.54, 1.807) is 6.07 Å². The number of hydrogen-bond acceptors (Lipinski definition) is 3. The number of unbranched alkanes of at least 4 members (excludes halogenated alkanes) is 3. The van der Waals surface area contributed by atoms with Gasteiger partial charge in [0.25, 0.3) is 0 Å². The Labute approximate surface area is 131 Å². The molecule has 116 valence electrons. The van der Waals surface area contributed by atoms with Crippen LogP contribution in [0.4, 0.5) is 0 Å². The Balaban J connectivity index is 0.000000745. The fourth-order valence-electron chi connectivity index (χ4n) is 2.37. The monoisotopic (exact) mass is 298 g/mol. The van der Waals surface area contributed by atoms with Gasteiger partial charge in [0.1, 0.15) is 5.75 Å². The lowest BCUT2D eigenvalue weighted by Gasteiger charge is -2.03. The van der Waals surface area contributed by atoms with Gasteiger partial charge >= 0.3 is 6.15 Å². The number of aryl methyl sites for hydroxylation is 2. The SMILES string of the molecule is O=C=O.Oc1cccc(CCCCCCc2ccccc2)c1. The van der Waals surface area contributed by atoms with E-state index in [4.69, 9.17) is 9.59 Å². The first kappa shape index (κ1) is 17.7. The Morgan fingerprint density at radius 3 is 1.86 bits per heavy atom. The van der Waals surface area contributed by atoms with E-state index in [0.717, 1.165) is 6.42 Å². The molecule has 0 atom stereocenters. The molecule has 0 unspecified atom stereocenters. The highest BCUT2D eigenvalue weighted by Gasteiger charge is 1.96. The Morgan fingerprint density at radius 1 is 0.727 bits per heavy atom. The van der Waals surface area contributed by atoms with Crippen molar-refractivity contribution in [3.8, 4) is 5.75 Å². The summed E-state index contributed by atoms with van der Waals surface area (Å²) in [5.74, 6) is 0.376. The first-order valence-corrected chi connectivity index (χ1v) is 7.57. The van der Waals surface area contributed by atoms with Gasteiger partial charge in [0.15, 0.2) is 0 Å². The van der Waals surface area contributed by atoms with Crippen LogP contribution in [-0.2, 0) is 22.4 Å². The number of hydrogen-bond donors (Lipinski definition) is 1. The number of benzene rings is 2. The van der Waals surface area contributed by atoms with E-state index in [-0.39, 0.29) is 6.15 Å². The van der Waals surface area contributed by atoms with Gasteiger partial charge in [0, 0.05) is 0 Å². The quantitative estimate of drug-likeness (QED) is 0.781. The van der Waals surface area contributed by atoms with Crippen LogP contribution in [0.1, 0.15) is 36.8 Å². The lowest BCUT2D eigenvalue weighted by atomic mass is 10.0. The molecule has 0 aliphatic heterocycles. The average Bonchev–Trinajstić information content (AvgIpc) is 2.53. The molecule has 0 saturated heterocycles. The van der Waals surface area contributed by atoms with Gasteiger partial charge in [-0.15, -0.1) is 0 Å². The zero-order chi connectivity index (χ0) is 16.0. The summed E-state index contributed by atoms with van der Waals surface area (Å²) in [5.41, 5.74) is 2.68. The Morgan fingerprint density at radius 2 is 1.27 bits per heavy atom. The molecule has 0 aliphatic rings. The molecular formula is C19H22O3. The lowest BCUT2D eigenvalue weighted by Crippen LogP contribution is -1.88. The van der Waals surface area contributed by atoms with E-state index in [1.165, 1.54) is 43.2 Å². The summed E-state index contributed by atoms with van der Waals surface area (Å²) >= 11 is 0. The minimum atomic E-state index is 0.250. The highest BCUT2D eigenvalue weighted by Crippen LogP contribution is 2.14. The normalized spacial score (nSPS) is 9.45. The molecule has 3 nitrogen and oxygen atoms in total. The molecule has 2 aromatic carbocycles. The number of aromatic hydroxyl groups is 1. The second-order valence-corrected chi connectivity index (χ2v) is 5.15. The second-order valence-electron chi connectivity index (χ2n) is 5.15. The van der Waals surface area contributed by atoms with Crippen LogP contribution in [0.2, 0.25) is 0 Å². The highest BCUT2D eigenvalue weighted by molar-refractivity contribution is 5.27. The molecule has 1 N–H and O–H groups in total. The minimum Gasteiger partial charge on any atom is -0.508 e. The summed E-state index contributed by atoms with van der Waals surface area (Å²) in [4.78, 5) is 16.2. The fraction of sp³-hybridized carbons (Fsp3) is 0.316. The number of phenols is 1. The topological polar surface area (TPSA) is 54.4 Å². The van der Waals surface area contributed by atoms with Crippen LogP contribution >= 0.6 is 0 Å². The van der Waals surface area contributed by atoms with Crippen molar-refractivity contribution >= 4 is 6.15 Å². The van der Waals surface area contributed by atoms with Crippen LogP contribution in [-0.4, -0.2) is 11.3 Å². The standard InChI is InChI=1S/C18H22O.CO2/c19-18-14-8-13-17(15-18)12-5-2-1-4-9-16-10-6-3-7-11-16;2-1-3/h3,6-8,10-11,13-15,19H,1-2,4-5,9,12H2;. The molecule has 0 bridgehead atoms. The van der Waals surface area contributed by atoms with Crippen molar-refractivity contribution in [2.24, 2.45) is 0 Å². The maximum Gasteiger partial charge on any atom is 0.373 e. The number of phenolic OH excluding ortho intramolecular Hbond substituents is 1. The Bertz CT molecular complexity index is 558. The van der Waals surface area contributed by atoms with E-state index < -0.39 is 0 Å². The fourth-order valence-corrected chi connectivity index (χ4v) is 2.37. The summed E-state index contributed by atoms with van der Waals surface area (Å²) < 4.78 is 0. The van der Waals surface area contributed by atoms with E-state index >= 15 is 0 Å². The van der Waals surface area contributed by atoms with Crippen molar-refractivity contribution in [3.05, 3.63) is 65.7 Å². The summed E-state index contributed by atoms with van der Waals surface area (Å²) in [6.07, 6.45) is 7.53. The van der Waals surface area contributed by atoms with E-state index in [9.17, 15) is 5.11 Å². The maximum absolute atomic E-state index is 9.38. The van der Waals surface area contributed by atoms with Gasteiger partial charge in [-0.2, -0.15) is 9.59 Å². The molecule has 0 fully saturated rings. The second kappa shape index (κ2) is 11.3. The zero-order valence-corrected chi connectivity index (χ0v) is 12.7. The third-order valence-electron chi connectivity index (χ3n) is 3.43. The predicted molar refractivity (Wildman–Crippen MR) is 85.4 cm³/mol. The van der Waals surface area contributed by atoms with E-state index in [2.05, 4.69) is 36.4 Å². The zero-order valence-electron chi connectivity index (χ0n) is 12.7. The predicted octanol–water partition coefficient (Wildman–Crippen LogP) is 4.15. The van der Waals surface area contributed by atoms with Crippen LogP contribution in [0.15, 0.2) is 54.6 Å². The van der Waals surface area contributed by atoms with Gasteiger partial charge in [-0.3, -0.25) is 0 Å². The smallest absolute Gasteiger partial charge is 0.373 e. The summed E-state index contributed by atoms with van der Waals surface area (Å²) in [6, 6.07) is 18.3. The third kappa shape index (κ3) is 8.03. The van der Waals surface area contributed by atoms with Crippen molar-refractivity contribution in [1.29, 1.82) is 0 Å². The summed E-state index contributed by atoms with van der Waals surface area (Å²) in [5, 5.41) is 9.38. The van der Waals surface area contributed by atoms with E-state index in [0.29, 0.717) is 5.75 Å². The molecular weight excluding hydrogens is 276 g/mol. The molecule has 0 aliphatic carbocycles. The van der Waals surface area contributed by atoms with Crippen molar-refractivity contribution in [1.82, 2.24) is 0 Å². The van der Waals surface area contributed by atoms with Gasteiger partial charge in [-0.25, -0.2) is 0 Å². The molecule has 2 aromatic rings. The Kier molecular flexibility index (Phi) is 9.07. The van der Waals surface area contributed by atoms with Gasteiger partial charge < -0.3 is 5.11 Å². The molecule has 22 heavy (non-hydrogen) atoms. The van der Waals surface area contributed by atoms with Crippen LogP contribution in [0.3, 0.4) is 0 Å².